The van der Waals surface area contributed by atoms with Crippen molar-refractivity contribution in [3.05, 3.63) is 0 Å². The second-order valence-corrected chi connectivity index (χ2v) is 5.76. The Kier molecular flexibility index (Phi) is 6.48. The second-order valence-electron chi connectivity index (χ2n) is 5.76. The largest absolute Gasteiger partial charge is 0.481 e. The maximum Gasteiger partial charge on any atom is 0.321 e. The fourth-order valence-electron chi connectivity index (χ4n) is 2.68. The summed E-state index contributed by atoms with van der Waals surface area (Å²) in [6.07, 6.45) is 4.59. The van der Waals surface area contributed by atoms with Gasteiger partial charge in [0.2, 0.25) is 5.91 Å². The average molecular weight is 284 g/mol. The van der Waals surface area contributed by atoms with Crippen molar-refractivity contribution in [3.8, 4) is 0 Å². The van der Waals surface area contributed by atoms with Crippen molar-refractivity contribution in [3.63, 3.8) is 0 Å². The summed E-state index contributed by atoms with van der Waals surface area (Å²) in [7, 11) is 0. The summed E-state index contributed by atoms with van der Waals surface area (Å²) < 4.78 is 0. The van der Waals surface area contributed by atoms with Gasteiger partial charge in [-0.1, -0.05) is 19.8 Å². The van der Waals surface area contributed by atoms with E-state index in [-0.39, 0.29) is 24.8 Å². The number of rotatable bonds is 6. The summed E-state index contributed by atoms with van der Waals surface area (Å²) in [5.74, 6) is -1.17. The normalized spacial score (nSPS) is 18.3. The molecule has 0 bridgehead atoms. The molecule has 0 heterocycles. The molecule has 1 fully saturated rings. The van der Waals surface area contributed by atoms with Gasteiger partial charge in [0, 0.05) is 18.9 Å². The molecule has 0 aromatic rings. The zero-order valence-corrected chi connectivity index (χ0v) is 12.1. The molecule has 0 aromatic carbocycles. The maximum absolute atomic E-state index is 11.7. The quantitative estimate of drug-likeness (QED) is 0.694. The molecule has 0 radical (unpaired) electrons. The topological polar surface area (TPSA) is 95.5 Å². The van der Waals surface area contributed by atoms with Crippen LogP contribution in [0.25, 0.3) is 0 Å². The molecular formula is C14H24N2O4. The van der Waals surface area contributed by atoms with Crippen LogP contribution in [-0.4, -0.2) is 29.1 Å². The Hall–Kier alpha value is -1.59. The average Bonchev–Trinajstić information content (AvgIpc) is 2.79. The van der Waals surface area contributed by atoms with Gasteiger partial charge < -0.3 is 10.4 Å². The number of carbonyl (C=O) groups excluding carboxylic acids is 2. The van der Waals surface area contributed by atoms with E-state index < -0.39 is 17.9 Å². The van der Waals surface area contributed by atoms with Gasteiger partial charge in [0.05, 0.1) is 0 Å². The highest BCUT2D eigenvalue weighted by Gasteiger charge is 2.23. The molecule has 2 unspecified atom stereocenters. The molecule has 0 saturated heterocycles. The maximum atomic E-state index is 11.7. The van der Waals surface area contributed by atoms with Crippen LogP contribution in [0, 0.1) is 11.8 Å². The van der Waals surface area contributed by atoms with E-state index in [1.807, 2.05) is 6.92 Å². The first-order valence-electron chi connectivity index (χ1n) is 7.20. The molecule has 1 rings (SSSR count). The molecule has 0 aromatic heterocycles. The van der Waals surface area contributed by atoms with E-state index in [1.54, 1.807) is 6.92 Å². The summed E-state index contributed by atoms with van der Waals surface area (Å²) in [6, 6.07) is -0.432. The van der Waals surface area contributed by atoms with E-state index in [0.717, 1.165) is 12.8 Å². The first-order valence-corrected chi connectivity index (χ1v) is 7.20. The van der Waals surface area contributed by atoms with E-state index >= 15 is 0 Å². The smallest absolute Gasteiger partial charge is 0.321 e. The standard InChI is InChI=1S/C14H24N2O4/c1-9(8-13(18)19)7-12(17)16-14(20)15-10(2)11-5-3-4-6-11/h9-11H,3-8H2,1-2H3,(H,18,19)(H2,15,16,17,20). The number of carboxylic acid groups (broad SMARTS) is 1. The van der Waals surface area contributed by atoms with Crippen LogP contribution in [-0.2, 0) is 9.59 Å². The van der Waals surface area contributed by atoms with Crippen molar-refractivity contribution < 1.29 is 19.5 Å². The fourth-order valence-corrected chi connectivity index (χ4v) is 2.68. The van der Waals surface area contributed by atoms with Crippen LogP contribution in [0.1, 0.15) is 52.4 Å². The zero-order chi connectivity index (χ0) is 15.1. The van der Waals surface area contributed by atoms with Crippen LogP contribution >= 0.6 is 0 Å². The zero-order valence-electron chi connectivity index (χ0n) is 12.1. The van der Waals surface area contributed by atoms with Crippen LogP contribution in [0.5, 0.6) is 0 Å². The molecule has 6 heteroatoms. The van der Waals surface area contributed by atoms with Gasteiger partial charge >= 0.3 is 12.0 Å². The van der Waals surface area contributed by atoms with Gasteiger partial charge in [-0.05, 0) is 31.6 Å². The molecule has 1 aliphatic rings. The highest BCUT2D eigenvalue weighted by atomic mass is 16.4. The number of nitrogens with one attached hydrogen (secondary N) is 2. The Balaban J connectivity index is 2.26. The SMILES string of the molecule is CC(CC(=O)O)CC(=O)NC(=O)NC(C)C1CCCC1. The highest BCUT2D eigenvalue weighted by molar-refractivity contribution is 5.94. The number of imide groups is 1. The Bertz CT molecular complexity index is 364. The first-order chi connectivity index (χ1) is 9.38. The van der Waals surface area contributed by atoms with E-state index in [2.05, 4.69) is 10.6 Å². The number of hydrogen-bond acceptors (Lipinski definition) is 3. The Morgan fingerprint density at radius 3 is 2.30 bits per heavy atom. The number of aliphatic carboxylic acids is 1. The Morgan fingerprint density at radius 2 is 1.75 bits per heavy atom. The molecule has 3 amide bonds. The predicted octanol–water partition coefficient (Wildman–Crippen LogP) is 1.89. The summed E-state index contributed by atoms with van der Waals surface area (Å²) in [5.41, 5.74) is 0. The number of urea groups is 1. The molecule has 3 N–H and O–H groups in total. The van der Waals surface area contributed by atoms with Crippen molar-refractivity contribution in [2.75, 3.05) is 0 Å². The number of amides is 3. The molecule has 20 heavy (non-hydrogen) atoms. The van der Waals surface area contributed by atoms with E-state index in [9.17, 15) is 14.4 Å². The molecule has 2 atom stereocenters. The predicted molar refractivity (Wildman–Crippen MR) is 74.1 cm³/mol. The lowest BCUT2D eigenvalue weighted by molar-refractivity contribution is -0.138. The van der Waals surface area contributed by atoms with Gasteiger partial charge in [-0.2, -0.15) is 0 Å². The lowest BCUT2D eigenvalue weighted by Crippen LogP contribution is -2.46. The third kappa shape index (κ3) is 6.04. The monoisotopic (exact) mass is 284 g/mol. The lowest BCUT2D eigenvalue weighted by Gasteiger charge is -2.20. The molecule has 1 saturated carbocycles. The Labute approximate surface area is 119 Å². The van der Waals surface area contributed by atoms with Gasteiger partial charge in [0.25, 0.3) is 0 Å². The second kappa shape index (κ2) is 7.87. The molecule has 0 aliphatic heterocycles. The van der Waals surface area contributed by atoms with Gasteiger partial charge in [0.15, 0.2) is 0 Å². The summed E-state index contributed by atoms with van der Waals surface area (Å²) >= 11 is 0. The molecular weight excluding hydrogens is 260 g/mol. The van der Waals surface area contributed by atoms with Crippen molar-refractivity contribution in [2.24, 2.45) is 11.8 Å². The van der Waals surface area contributed by atoms with Crippen LogP contribution in [0.15, 0.2) is 0 Å². The van der Waals surface area contributed by atoms with E-state index in [0.29, 0.717) is 5.92 Å². The van der Waals surface area contributed by atoms with Crippen molar-refractivity contribution in [1.29, 1.82) is 0 Å². The molecule has 114 valence electrons. The number of hydrogen-bond donors (Lipinski definition) is 3. The highest BCUT2D eigenvalue weighted by Crippen LogP contribution is 2.27. The third-order valence-corrected chi connectivity index (χ3v) is 3.78. The first kappa shape index (κ1) is 16.5. The third-order valence-electron chi connectivity index (χ3n) is 3.78. The number of carbonyl (C=O) groups is 3. The van der Waals surface area contributed by atoms with Crippen molar-refractivity contribution in [1.82, 2.24) is 10.6 Å². The molecule has 0 spiro atoms. The molecule has 6 nitrogen and oxygen atoms in total. The van der Waals surface area contributed by atoms with Gasteiger partial charge in [0.1, 0.15) is 0 Å². The van der Waals surface area contributed by atoms with Gasteiger partial charge in [-0.3, -0.25) is 14.9 Å². The number of carboxylic acids is 1. The van der Waals surface area contributed by atoms with E-state index in [4.69, 9.17) is 5.11 Å². The Morgan fingerprint density at radius 1 is 1.15 bits per heavy atom. The van der Waals surface area contributed by atoms with Crippen LogP contribution < -0.4 is 10.6 Å². The minimum Gasteiger partial charge on any atom is -0.481 e. The van der Waals surface area contributed by atoms with Gasteiger partial charge in [-0.15, -0.1) is 0 Å². The minimum absolute atomic E-state index is 0.0392. The fraction of sp³-hybridized carbons (Fsp3) is 0.786. The van der Waals surface area contributed by atoms with Crippen LogP contribution in [0.3, 0.4) is 0 Å². The summed E-state index contributed by atoms with van der Waals surface area (Å²) in [4.78, 5) is 33.7. The van der Waals surface area contributed by atoms with Crippen molar-refractivity contribution >= 4 is 17.9 Å². The van der Waals surface area contributed by atoms with Crippen molar-refractivity contribution in [2.45, 2.75) is 58.4 Å². The minimum atomic E-state index is -0.940. The van der Waals surface area contributed by atoms with Gasteiger partial charge in [-0.25, -0.2) is 4.79 Å². The molecule has 1 aliphatic carbocycles. The lowest BCUT2D eigenvalue weighted by atomic mass is 10.00. The summed E-state index contributed by atoms with van der Waals surface area (Å²) in [6.45, 7) is 3.62. The van der Waals surface area contributed by atoms with E-state index in [1.165, 1.54) is 12.8 Å². The van der Waals surface area contributed by atoms with Crippen LogP contribution in [0.4, 0.5) is 4.79 Å². The van der Waals surface area contributed by atoms with Crippen LogP contribution in [0.2, 0.25) is 0 Å². The summed E-state index contributed by atoms with van der Waals surface area (Å²) in [5, 5.41) is 13.6.